The third-order valence-corrected chi connectivity index (χ3v) is 6.55. The lowest BCUT2D eigenvalue weighted by Crippen LogP contribution is -2.53. The van der Waals surface area contributed by atoms with E-state index >= 15 is 0 Å². The van der Waals surface area contributed by atoms with E-state index < -0.39 is 0 Å². The molecule has 2 saturated heterocycles. The van der Waals surface area contributed by atoms with Crippen molar-refractivity contribution in [1.82, 2.24) is 10.2 Å². The lowest BCUT2D eigenvalue weighted by atomic mass is 9.61. The van der Waals surface area contributed by atoms with E-state index in [0.29, 0.717) is 0 Å². The highest BCUT2D eigenvalue weighted by Crippen LogP contribution is 2.46. The van der Waals surface area contributed by atoms with Crippen LogP contribution in [0.2, 0.25) is 5.02 Å². The summed E-state index contributed by atoms with van der Waals surface area (Å²) in [6.45, 7) is 16.5. The van der Waals surface area contributed by atoms with Gasteiger partial charge in [0.1, 0.15) is 0 Å². The SMILES string of the molecule is C1COCCN1.CC.CCCC(C)(C)C(O)C1(c2ccc(Cl)cc2)CCN(C)CC1. The fraction of sp³-hybridized carbons (Fsp3) is 0.760. The second-order valence-corrected chi connectivity index (χ2v) is 9.41. The van der Waals surface area contributed by atoms with Crippen molar-refractivity contribution in [2.45, 2.75) is 71.8 Å². The van der Waals surface area contributed by atoms with Crippen LogP contribution in [0, 0.1) is 5.41 Å². The highest BCUT2D eigenvalue weighted by atomic mass is 35.5. The van der Waals surface area contributed by atoms with Crippen LogP contribution in [0.3, 0.4) is 0 Å². The van der Waals surface area contributed by atoms with E-state index in [1.807, 2.05) is 26.0 Å². The van der Waals surface area contributed by atoms with E-state index in [1.165, 1.54) is 5.56 Å². The molecule has 0 spiro atoms. The molecule has 1 aromatic carbocycles. The quantitative estimate of drug-likeness (QED) is 0.666. The van der Waals surface area contributed by atoms with Crippen LogP contribution < -0.4 is 5.32 Å². The topological polar surface area (TPSA) is 44.7 Å². The fourth-order valence-electron chi connectivity index (χ4n) is 4.56. The molecule has 0 aromatic heterocycles. The predicted molar refractivity (Wildman–Crippen MR) is 130 cm³/mol. The molecule has 0 aliphatic carbocycles. The zero-order valence-electron chi connectivity index (χ0n) is 20.1. The maximum Gasteiger partial charge on any atom is 0.0688 e. The van der Waals surface area contributed by atoms with Crippen LogP contribution in [0.1, 0.15) is 65.9 Å². The van der Waals surface area contributed by atoms with Crippen molar-refractivity contribution < 1.29 is 9.84 Å². The molecular weight excluding hydrogens is 396 g/mol. The molecule has 3 rings (SSSR count). The smallest absolute Gasteiger partial charge is 0.0688 e. The summed E-state index contributed by atoms with van der Waals surface area (Å²) in [6, 6.07) is 8.13. The van der Waals surface area contributed by atoms with Gasteiger partial charge in [0.25, 0.3) is 0 Å². The molecule has 0 bridgehead atoms. The Morgan fingerprint density at radius 1 is 1.13 bits per heavy atom. The van der Waals surface area contributed by atoms with E-state index in [2.05, 4.69) is 50.2 Å². The number of hydrogen-bond donors (Lipinski definition) is 2. The Bertz CT molecular complexity index is 554. The number of aliphatic hydroxyl groups excluding tert-OH is 1. The van der Waals surface area contributed by atoms with Crippen LogP contribution >= 0.6 is 11.6 Å². The van der Waals surface area contributed by atoms with E-state index in [-0.39, 0.29) is 16.9 Å². The van der Waals surface area contributed by atoms with Crippen LogP contribution in [0.25, 0.3) is 0 Å². The first-order chi connectivity index (χ1) is 14.3. The maximum atomic E-state index is 11.3. The summed E-state index contributed by atoms with van der Waals surface area (Å²) < 4.78 is 5.01. The van der Waals surface area contributed by atoms with Crippen molar-refractivity contribution in [2.24, 2.45) is 5.41 Å². The van der Waals surface area contributed by atoms with Crippen molar-refractivity contribution in [3.05, 3.63) is 34.9 Å². The Hall–Kier alpha value is -0.650. The Labute approximate surface area is 190 Å². The second kappa shape index (κ2) is 13.7. The first-order valence-electron chi connectivity index (χ1n) is 11.7. The summed E-state index contributed by atoms with van der Waals surface area (Å²) in [5.74, 6) is 0. The number of hydrogen-bond acceptors (Lipinski definition) is 4. The Morgan fingerprint density at radius 2 is 1.67 bits per heavy atom. The summed E-state index contributed by atoms with van der Waals surface area (Å²) in [4.78, 5) is 2.35. The van der Waals surface area contributed by atoms with Crippen molar-refractivity contribution in [3.63, 3.8) is 0 Å². The zero-order valence-corrected chi connectivity index (χ0v) is 20.9. The summed E-state index contributed by atoms with van der Waals surface area (Å²) in [5, 5.41) is 15.3. The normalized spacial score (nSPS) is 20.3. The van der Waals surface area contributed by atoms with Crippen LogP contribution in [0.15, 0.2) is 24.3 Å². The number of ether oxygens (including phenoxy) is 1. The summed E-state index contributed by atoms with van der Waals surface area (Å²) >= 11 is 6.07. The van der Waals surface area contributed by atoms with Crippen molar-refractivity contribution in [3.8, 4) is 0 Å². The molecule has 2 fully saturated rings. The minimum Gasteiger partial charge on any atom is -0.392 e. The number of likely N-dealkylation sites (tertiary alicyclic amines) is 1. The van der Waals surface area contributed by atoms with Crippen LogP contribution in [0.4, 0.5) is 0 Å². The monoisotopic (exact) mass is 440 g/mol. The molecule has 1 aromatic rings. The molecule has 2 heterocycles. The Kier molecular flexibility index (Phi) is 12.5. The first-order valence-corrected chi connectivity index (χ1v) is 12.1. The largest absolute Gasteiger partial charge is 0.392 e. The molecular formula is C25H45ClN2O2. The molecule has 0 radical (unpaired) electrons. The lowest BCUT2D eigenvalue weighted by molar-refractivity contribution is -0.0456. The minimum atomic E-state index is -0.338. The summed E-state index contributed by atoms with van der Waals surface area (Å²) in [7, 11) is 2.16. The molecule has 2 aliphatic rings. The van der Waals surface area contributed by atoms with Gasteiger partial charge in [-0.2, -0.15) is 0 Å². The van der Waals surface area contributed by atoms with Crippen LogP contribution in [-0.4, -0.2) is 62.6 Å². The first kappa shape index (κ1) is 27.4. The van der Waals surface area contributed by atoms with Gasteiger partial charge in [0, 0.05) is 23.5 Å². The molecule has 1 unspecified atom stereocenters. The molecule has 30 heavy (non-hydrogen) atoms. The Morgan fingerprint density at radius 3 is 2.07 bits per heavy atom. The molecule has 174 valence electrons. The molecule has 0 saturated carbocycles. The van der Waals surface area contributed by atoms with Crippen molar-refractivity contribution in [2.75, 3.05) is 46.4 Å². The van der Waals surface area contributed by atoms with Gasteiger partial charge in [0.05, 0.1) is 19.3 Å². The molecule has 4 nitrogen and oxygen atoms in total. The number of halogens is 1. The average molecular weight is 441 g/mol. The molecule has 1 atom stereocenters. The molecule has 2 N–H and O–H groups in total. The van der Waals surface area contributed by atoms with Gasteiger partial charge in [-0.3, -0.25) is 0 Å². The highest BCUT2D eigenvalue weighted by molar-refractivity contribution is 6.30. The van der Waals surface area contributed by atoms with E-state index in [0.717, 1.165) is 70.1 Å². The number of nitrogens with one attached hydrogen (secondary N) is 1. The third kappa shape index (κ3) is 7.80. The number of aliphatic hydroxyl groups is 1. The number of nitrogens with zero attached hydrogens (tertiary/aromatic N) is 1. The minimum absolute atomic E-state index is 0.0791. The molecule has 5 heteroatoms. The number of piperidine rings is 1. The van der Waals surface area contributed by atoms with Crippen molar-refractivity contribution in [1.29, 1.82) is 0 Å². The van der Waals surface area contributed by atoms with E-state index in [9.17, 15) is 5.11 Å². The van der Waals surface area contributed by atoms with Gasteiger partial charge in [0.15, 0.2) is 0 Å². The van der Waals surface area contributed by atoms with Crippen LogP contribution in [-0.2, 0) is 10.2 Å². The lowest BCUT2D eigenvalue weighted by Gasteiger charge is -2.49. The van der Waals surface area contributed by atoms with Gasteiger partial charge in [0.2, 0.25) is 0 Å². The van der Waals surface area contributed by atoms with Crippen LogP contribution in [0.5, 0.6) is 0 Å². The highest BCUT2D eigenvalue weighted by Gasteiger charge is 2.47. The van der Waals surface area contributed by atoms with Gasteiger partial charge in [-0.05, 0) is 62.5 Å². The third-order valence-electron chi connectivity index (χ3n) is 6.30. The number of morpholine rings is 1. The van der Waals surface area contributed by atoms with Gasteiger partial charge in [-0.1, -0.05) is 64.8 Å². The average Bonchev–Trinajstić information content (AvgIpc) is 2.78. The predicted octanol–water partition coefficient (Wildman–Crippen LogP) is 5.12. The molecule has 2 aliphatic heterocycles. The summed E-state index contributed by atoms with van der Waals surface area (Å²) in [6.07, 6.45) is 3.80. The summed E-state index contributed by atoms with van der Waals surface area (Å²) in [5.41, 5.74) is 1.00. The van der Waals surface area contributed by atoms with Crippen molar-refractivity contribution >= 4 is 11.6 Å². The standard InChI is InChI=1S/C19H30ClNO.C4H9NO.C2H6/c1-5-10-18(2,3)17(22)19(11-13-21(4)14-12-19)15-6-8-16(20)9-7-15;1-3-6-4-2-5-1;1-2/h6-9,17,22H,5,10-14H2,1-4H3;5H,1-4H2;1-2H3. The van der Waals surface area contributed by atoms with Gasteiger partial charge < -0.3 is 20.1 Å². The number of benzene rings is 1. The maximum absolute atomic E-state index is 11.3. The van der Waals surface area contributed by atoms with E-state index in [1.54, 1.807) is 0 Å². The zero-order chi connectivity index (χ0) is 22.6. The van der Waals surface area contributed by atoms with Gasteiger partial charge in [-0.15, -0.1) is 0 Å². The van der Waals surface area contributed by atoms with Gasteiger partial charge >= 0.3 is 0 Å². The fourth-order valence-corrected chi connectivity index (χ4v) is 4.69. The second-order valence-electron chi connectivity index (χ2n) is 8.97. The van der Waals surface area contributed by atoms with E-state index in [4.69, 9.17) is 16.3 Å². The number of rotatable bonds is 5. The Balaban J connectivity index is 0.000000474. The van der Waals surface area contributed by atoms with Gasteiger partial charge in [-0.25, -0.2) is 0 Å². The molecule has 0 amide bonds.